The molecule has 0 aliphatic carbocycles. The molecule has 352 valence electrons. The normalized spacial score (nSPS) is 18.0. The number of hydrogen-bond acceptors (Lipinski definition) is 12. The molecule has 8 amide bonds. The topological polar surface area (TPSA) is 342 Å². The number of primary amides is 1. The highest BCUT2D eigenvalue weighted by Gasteiger charge is 2.41. The van der Waals surface area contributed by atoms with E-state index in [0.29, 0.717) is 18.4 Å². The molecule has 1 fully saturated rings. The molecular formula is C42H67N9O12. The quantitative estimate of drug-likeness (QED) is 0.0486. The van der Waals surface area contributed by atoms with Crippen molar-refractivity contribution in [2.45, 2.75) is 141 Å². The molecule has 1 heterocycles. The lowest BCUT2D eigenvalue weighted by Crippen LogP contribution is -2.62. The largest absolute Gasteiger partial charge is 0.480 e. The second-order valence-corrected chi connectivity index (χ2v) is 16.7. The van der Waals surface area contributed by atoms with Crippen LogP contribution in [0.2, 0.25) is 0 Å². The molecule has 1 aromatic carbocycles. The summed E-state index contributed by atoms with van der Waals surface area (Å²) < 4.78 is 0. The Labute approximate surface area is 367 Å². The second kappa shape index (κ2) is 25.4. The zero-order valence-electron chi connectivity index (χ0n) is 37.1. The monoisotopic (exact) mass is 889 g/mol. The smallest absolute Gasteiger partial charge is 0.326 e. The number of carbonyl (C=O) groups is 9. The molecule has 21 nitrogen and oxygen atoms in total. The van der Waals surface area contributed by atoms with E-state index in [0.717, 1.165) is 0 Å². The Hall–Kier alpha value is -5.67. The first kappa shape index (κ1) is 53.5. The van der Waals surface area contributed by atoms with E-state index in [9.17, 15) is 58.5 Å². The first-order valence-electron chi connectivity index (χ1n) is 21.3. The molecule has 1 aliphatic rings. The predicted octanol–water partition coefficient (Wildman–Crippen LogP) is -2.46. The van der Waals surface area contributed by atoms with Crippen molar-refractivity contribution in [3.8, 4) is 0 Å². The molecule has 0 aromatic heterocycles. The maximum absolute atomic E-state index is 14.2. The minimum atomic E-state index is -1.57. The van der Waals surface area contributed by atoms with E-state index in [1.165, 1.54) is 11.8 Å². The summed E-state index contributed by atoms with van der Waals surface area (Å²) in [7, 11) is 0. The molecular weight excluding hydrogens is 823 g/mol. The fourth-order valence-electron chi connectivity index (χ4n) is 6.79. The molecule has 10 atom stereocenters. The maximum Gasteiger partial charge on any atom is 0.326 e. The molecule has 1 aromatic rings. The Morgan fingerprint density at radius 2 is 1.27 bits per heavy atom. The van der Waals surface area contributed by atoms with Crippen LogP contribution >= 0.6 is 0 Å². The number of nitrogens with two attached hydrogens (primary N) is 2. The Bertz CT molecular complexity index is 1760. The van der Waals surface area contributed by atoms with Crippen LogP contribution < -0.4 is 43.4 Å². The minimum absolute atomic E-state index is 0.0735. The molecule has 0 saturated carbocycles. The number of aliphatic hydroxyl groups excluding tert-OH is 2. The number of likely N-dealkylation sites (tertiary alicyclic amines) is 1. The van der Waals surface area contributed by atoms with E-state index >= 15 is 0 Å². The van der Waals surface area contributed by atoms with Crippen LogP contribution in [-0.4, -0.2) is 141 Å². The van der Waals surface area contributed by atoms with Crippen molar-refractivity contribution in [2.24, 2.45) is 29.2 Å². The van der Waals surface area contributed by atoms with Crippen LogP contribution in [0.4, 0.5) is 0 Å². The van der Waals surface area contributed by atoms with Gasteiger partial charge in [-0.2, -0.15) is 0 Å². The highest BCUT2D eigenvalue weighted by molar-refractivity contribution is 5.98. The van der Waals surface area contributed by atoms with E-state index in [-0.39, 0.29) is 38.1 Å². The average Bonchev–Trinajstić information content (AvgIpc) is 3.73. The molecule has 0 spiro atoms. The summed E-state index contributed by atoms with van der Waals surface area (Å²) in [6, 6.07) is -2.06. The zero-order chi connectivity index (χ0) is 47.7. The van der Waals surface area contributed by atoms with Crippen LogP contribution in [0.15, 0.2) is 30.3 Å². The lowest BCUT2D eigenvalue weighted by Gasteiger charge is -2.32. The fraction of sp³-hybridized carbons (Fsp3) is 0.643. The Morgan fingerprint density at radius 3 is 1.79 bits per heavy atom. The van der Waals surface area contributed by atoms with Gasteiger partial charge >= 0.3 is 5.97 Å². The molecule has 21 heteroatoms. The lowest BCUT2D eigenvalue weighted by molar-refractivity contribution is -0.144. The van der Waals surface area contributed by atoms with Crippen LogP contribution in [0.3, 0.4) is 0 Å². The van der Waals surface area contributed by atoms with Crippen LogP contribution in [-0.2, 0) is 49.6 Å². The fourth-order valence-corrected chi connectivity index (χ4v) is 6.79. The van der Waals surface area contributed by atoms with Crippen molar-refractivity contribution in [1.29, 1.82) is 0 Å². The third-order valence-corrected chi connectivity index (χ3v) is 11.0. The van der Waals surface area contributed by atoms with Gasteiger partial charge in [-0.15, -0.1) is 0 Å². The molecule has 0 radical (unpaired) electrons. The van der Waals surface area contributed by atoms with Crippen molar-refractivity contribution >= 4 is 53.2 Å². The van der Waals surface area contributed by atoms with Gasteiger partial charge in [0.1, 0.15) is 42.3 Å². The summed E-state index contributed by atoms with van der Waals surface area (Å²) in [6.07, 6.45) is -1.07. The van der Waals surface area contributed by atoms with Crippen LogP contribution in [0, 0.1) is 17.8 Å². The van der Waals surface area contributed by atoms with Gasteiger partial charge in [-0.3, -0.25) is 38.4 Å². The summed E-state index contributed by atoms with van der Waals surface area (Å²) in [5, 5.41) is 44.8. The number of rotatable bonds is 25. The van der Waals surface area contributed by atoms with Gasteiger partial charge < -0.3 is 63.6 Å². The number of carboxylic acids is 1. The highest BCUT2D eigenvalue weighted by atomic mass is 16.4. The highest BCUT2D eigenvalue weighted by Crippen LogP contribution is 2.21. The van der Waals surface area contributed by atoms with Gasteiger partial charge in [0.2, 0.25) is 47.3 Å². The van der Waals surface area contributed by atoms with Gasteiger partial charge in [0.25, 0.3) is 0 Å². The predicted molar refractivity (Wildman–Crippen MR) is 228 cm³/mol. The Balaban J connectivity index is 2.34. The third kappa shape index (κ3) is 16.2. The van der Waals surface area contributed by atoms with E-state index in [4.69, 9.17) is 11.5 Å². The van der Waals surface area contributed by atoms with E-state index in [2.05, 4.69) is 31.9 Å². The van der Waals surface area contributed by atoms with E-state index < -0.39 is 126 Å². The zero-order valence-corrected chi connectivity index (χ0v) is 37.1. The van der Waals surface area contributed by atoms with Gasteiger partial charge in [0.15, 0.2) is 0 Å². The number of hydrogen-bond donors (Lipinski definition) is 11. The number of carboxylic acid groups (broad SMARTS) is 1. The van der Waals surface area contributed by atoms with Gasteiger partial charge in [0, 0.05) is 19.4 Å². The summed E-state index contributed by atoms with van der Waals surface area (Å²) in [4.78, 5) is 120. The summed E-state index contributed by atoms with van der Waals surface area (Å²) in [5.74, 6) is -9.27. The van der Waals surface area contributed by atoms with Crippen molar-refractivity contribution in [3.63, 3.8) is 0 Å². The van der Waals surface area contributed by atoms with Gasteiger partial charge in [-0.1, -0.05) is 78.3 Å². The van der Waals surface area contributed by atoms with Crippen molar-refractivity contribution in [3.05, 3.63) is 35.9 Å². The number of carbonyl (C=O) groups excluding carboxylic acids is 8. The maximum atomic E-state index is 14.2. The number of aliphatic hydroxyl groups is 2. The van der Waals surface area contributed by atoms with Crippen LogP contribution in [0.5, 0.6) is 0 Å². The van der Waals surface area contributed by atoms with Crippen LogP contribution in [0.1, 0.15) is 86.1 Å². The van der Waals surface area contributed by atoms with Gasteiger partial charge in [-0.25, -0.2) is 4.79 Å². The molecule has 1 aliphatic heterocycles. The lowest BCUT2D eigenvalue weighted by atomic mass is 9.98. The summed E-state index contributed by atoms with van der Waals surface area (Å²) in [5.41, 5.74) is 12.0. The third-order valence-electron chi connectivity index (χ3n) is 11.0. The number of nitrogens with zero attached hydrogens (tertiary/aromatic N) is 1. The Kier molecular flexibility index (Phi) is 21.6. The molecule has 0 unspecified atom stereocenters. The summed E-state index contributed by atoms with van der Waals surface area (Å²) in [6.45, 7) is 10.4. The summed E-state index contributed by atoms with van der Waals surface area (Å²) >= 11 is 0. The standard InChI is InChI=1S/C42H67N9O12/c1-8-23(6)31(44)39(59)50-34(24(7)53)40(60)45-26(16-17-30(43)54)35(55)48-32(21(2)3)41(61)51-18-12-15-29(51)38(58)46-27(19-25-13-10-9-11-14-25)36(56)47-28(20-52)37(57)49-33(22(4)5)42(62)63/h9-11,13-14,21-24,26-29,31-34,52-53H,8,12,15-20,44H2,1-7H3,(H2,43,54)(H,45,60)(H,46,58)(H,47,56)(H,48,55)(H,49,57)(H,50,59)(H,62,63)/t23-,24+,26-,27-,28-,29-,31-,32-,33-,34-/m0/s1. The number of nitrogens with one attached hydrogen (secondary N) is 6. The molecule has 2 rings (SSSR count). The number of amides is 8. The van der Waals surface area contributed by atoms with E-state index in [1.807, 2.05) is 6.92 Å². The first-order valence-corrected chi connectivity index (χ1v) is 21.3. The average molecular weight is 890 g/mol. The van der Waals surface area contributed by atoms with Crippen molar-refractivity contribution in [1.82, 2.24) is 36.8 Å². The van der Waals surface area contributed by atoms with Crippen molar-refractivity contribution < 1.29 is 58.5 Å². The molecule has 1 saturated heterocycles. The molecule has 13 N–H and O–H groups in total. The van der Waals surface area contributed by atoms with E-state index in [1.54, 1.807) is 65.0 Å². The number of benzene rings is 1. The molecule has 63 heavy (non-hydrogen) atoms. The second-order valence-electron chi connectivity index (χ2n) is 16.7. The first-order chi connectivity index (χ1) is 29.5. The SMILES string of the molecule is CC[C@H](C)[C@H](N)C(=O)N[C@H](C(=O)N[C@@H](CCC(N)=O)C(=O)N[C@H](C(=O)N1CCC[C@H]1C(=O)N[C@@H](Cc1ccccc1)C(=O)N[C@@H](CO)C(=O)N[C@H](C(=O)O)C(C)C)C(C)C)[C@@H](C)O. The van der Waals surface area contributed by atoms with Gasteiger partial charge in [0.05, 0.1) is 18.8 Å². The van der Waals surface area contributed by atoms with Crippen LogP contribution in [0.25, 0.3) is 0 Å². The molecule has 0 bridgehead atoms. The minimum Gasteiger partial charge on any atom is -0.480 e. The van der Waals surface area contributed by atoms with Gasteiger partial charge in [-0.05, 0) is 49.5 Å². The van der Waals surface area contributed by atoms with Crippen molar-refractivity contribution in [2.75, 3.05) is 13.2 Å². The number of aliphatic carboxylic acids is 1. The Morgan fingerprint density at radius 1 is 0.730 bits per heavy atom.